The Morgan fingerprint density at radius 2 is 1.88 bits per heavy atom. The molecule has 0 fully saturated rings. The second-order valence-electron chi connectivity index (χ2n) is 5.67. The summed E-state index contributed by atoms with van der Waals surface area (Å²) in [5, 5.41) is 19.9. The quantitative estimate of drug-likeness (QED) is 0.928. The lowest BCUT2D eigenvalue weighted by Crippen LogP contribution is -2.41. The molecule has 1 N–H and O–H groups in total. The van der Waals surface area contributed by atoms with E-state index in [1.165, 1.54) is 17.0 Å². The molecule has 0 radical (unpaired) electrons. The van der Waals surface area contributed by atoms with Crippen molar-refractivity contribution >= 4 is 11.6 Å². The van der Waals surface area contributed by atoms with Crippen LogP contribution in [0, 0.1) is 11.3 Å². The lowest BCUT2D eigenvalue weighted by molar-refractivity contribution is -0.138. The maximum Gasteiger partial charge on any atom is 0.416 e. The second kappa shape index (κ2) is 5.90. The summed E-state index contributed by atoms with van der Waals surface area (Å²) in [7, 11) is 0. The van der Waals surface area contributed by atoms with Crippen molar-refractivity contribution in [3.8, 4) is 6.07 Å². The van der Waals surface area contributed by atoms with E-state index in [1.807, 2.05) is 6.07 Å². The Morgan fingerprint density at radius 3 is 2.56 bits per heavy atom. The number of nitriles is 1. The molecule has 128 valence electrons. The molecule has 4 nitrogen and oxygen atoms in total. The number of hydrogen-bond donors (Lipinski definition) is 1. The van der Waals surface area contributed by atoms with Gasteiger partial charge in [-0.25, -0.2) is 0 Å². The van der Waals surface area contributed by atoms with Crippen molar-refractivity contribution in [2.45, 2.75) is 18.2 Å². The summed E-state index contributed by atoms with van der Waals surface area (Å²) < 4.78 is 39.0. The predicted octanol–water partition coefficient (Wildman–Crippen LogP) is 3.20. The third-order valence-corrected chi connectivity index (χ3v) is 4.19. The normalized spacial score (nSPS) is 19.6. The lowest BCUT2D eigenvalue weighted by Gasteiger charge is -2.24. The van der Waals surface area contributed by atoms with Gasteiger partial charge in [-0.3, -0.25) is 4.79 Å². The fraction of sp³-hybridized carbons (Fsp3) is 0.222. The molecular weight excluding hydrogens is 333 g/mol. The van der Waals surface area contributed by atoms with Gasteiger partial charge >= 0.3 is 6.18 Å². The molecule has 1 atom stereocenters. The number of halogens is 3. The smallest absolute Gasteiger partial charge is 0.372 e. The molecule has 0 spiro atoms. The maximum atomic E-state index is 13.0. The van der Waals surface area contributed by atoms with Gasteiger partial charge in [0.25, 0.3) is 5.91 Å². The van der Waals surface area contributed by atoms with Crippen LogP contribution in [0.4, 0.5) is 18.9 Å². The minimum atomic E-state index is -4.59. The Balaban J connectivity index is 2.15. The van der Waals surface area contributed by atoms with E-state index in [1.54, 1.807) is 18.2 Å². The highest BCUT2D eigenvalue weighted by Gasteiger charge is 2.51. The molecule has 0 saturated carbocycles. The van der Waals surface area contributed by atoms with E-state index in [0.29, 0.717) is 5.69 Å². The van der Waals surface area contributed by atoms with Crippen LogP contribution in [0.25, 0.3) is 0 Å². The third kappa shape index (κ3) is 2.65. The number of aliphatic hydroxyl groups is 1. The van der Waals surface area contributed by atoms with Crippen molar-refractivity contribution in [3.05, 3.63) is 65.2 Å². The molecule has 1 aliphatic rings. The highest BCUT2D eigenvalue weighted by Crippen LogP contribution is 2.45. The van der Waals surface area contributed by atoms with Gasteiger partial charge < -0.3 is 10.0 Å². The third-order valence-electron chi connectivity index (χ3n) is 4.19. The zero-order valence-corrected chi connectivity index (χ0v) is 12.9. The van der Waals surface area contributed by atoms with Crippen molar-refractivity contribution in [1.82, 2.24) is 0 Å². The van der Waals surface area contributed by atoms with E-state index < -0.39 is 23.2 Å². The number of alkyl halides is 3. The van der Waals surface area contributed by atoms with Gasteiger partial charge in [-0.1, -0.05) is 30.3 Å². The van der Waals surface area contributed by atoms with Crippen molar-refractivity contribution < 1.29 is 23.1 Å². The molecule has 0 saturated heterocycles. The molecule has 0 aromatic heterocycles. The first-order chi connectivity index (χ1) is 11.8. The topological polar surface area (TPSA) is 64.3 Å². The molecule has 7 heteroatoms. The van der Waals surface area contributed by atoms with Crippen LogP contribution in [0.3, 0.4) is 0 Å². The maximum absolute atomic E-state index is 13.0. The SMILES string of the molecule is N#CCCN1C(=O)C(O)(c2cccc(C(F)(F)F)c2)c2ccccc21. The van der Waals surface area contributed by atoms with Crippen molar-refractivity contribution in [2.75, 3.05) is 11.4 Å². The van der Waals surface area contributed by atoms with Gasteiger partial charge in [0.1, 0.15) is 0 Å². The Labute approximate surface area is 141 Å². The van der Waals surface area contributed by atoms with Gasteiger partial charge in [-0.2, -0.15) is 18.4 Å². The number of carbonyl (C=O) groups excluding carboxylic acids is 1. The Kier molecular flexibility index (Phi) is 4.01. The number of rotatable bonds is 3. The summed E-state index contributed by atoms with van der Waals surface area (Å²) in [6, 6.07) is 12.4. The summed E-state index contributed by atoms with van der Waals surface area (Å²) in [6.45, 7) is 0.0492. The van der Waals surface area contributed by atoms with Crippen LogP contribution >= 0.6 is 0 Å². The largest absolute Gasteiger partial charge is 0.416 e. The number of benzene rings is 2. The van der Waals surface area contributed by atoms with E-state index in [9.17, 15) is 23.1 Å². The standard InChI is InChI=1S/C18H13F3N2O2/c19-18(20,21)13-6-3-5-12(11-13)17(25)14-7-1-2-8-15(14)23(16(17)24)10-4-9-22/h1-3,5-8,11,25H,4,10H2. The van der Waals surface area contributed by atoms with Crippen LogP contribution in [0.2, 0.25) is 0 Å². The number of fused-ring (bicyclic) bond motifs is 1. The molecule has 2 aromatic carbocycles. The van der Waals surface area contributed by atoms with Gasteiger partial charge in [0.15, 0.2) is 5.60 Å². The molecule has 3 rings (SSSR count). The number of amides is 1. The van der Waals surface area contributed by atoms with Crippen LogP contribution < -0.4 is 4.90 Å². The van der Waals surface area contributed by atoms with Gasteiger partial charge in [-0.05, 0) is 23.8 Å². The van der Waals surface area contributed by atoms with Gasteiger partial charge in [0, 0.05) is 12.1 Å². The van der Waals surface area contributed by atoms with E-state index >= 15 is 0 Å². The second-order valence-corrected chi connectivity index (χ2v) is 5.67. The zero-order chi connectivity index (χ0) is 18.2. The molecule has 25 heavy (non-hydrogen) atoms. The first kappa shape index (κ1) is 17.0. The minimum Gasteiger partial charge on any atom is -0.372 e. The Bertz CT molecular complexity index is 873. The zero-order valence-electron chi connectivity index (χ0n) is 12.9. The average Bonchev–Trinajstić information content (AvgIpc) is 2.82. The average molecular weight is 346 g/mol. The minimum absolute atomic E-state index is 0.0404. The summed E-state index contributed by atoms with van der Waals surface area (Å²) in [5.41, 5.74) is -2.72. The van der Waals surface area contributed by atoms with E-state index in [0.717, 1.165) is 18.2 Å². The van der Waals surface area contributed by atoms with Crippen LogP contribution in [-0.2, 0) is 16.6 Å². The number of para-hydroxylation sites is 1. The number of hydrogen-bond acceptors (Lipinski definition) is 3. The van der Waals surface area contributed by atoms with Crippen LogP contribution in [0.1, 0.15) is 23.1 Å². The Morgan fingerprint density at radius 1 is 1.16 bits per heavy atom. The monoisotopic (exact) mass is 346 g/mol. The summed E-state index contributed by atoms with van der Waals surface area (Å²) in [4.78, 5) is 14.1. The van der Waals surface area contributed by atoms with E-state index in [4.69, 9.17) is 5.26 Å². The van der Waals surface area contributed by atoms with Crippen LogP contribution in [0.15, 0.2) is 48.5 Å². The molecule has 2 aromatic rings. The highest BCUT2D eigenvalue weighted by molar-refractivity contribution is 6.09. The van der Waals surface area contributed by atoms with Crippen LogP contribution in [0.5, 0.6) is 0 Å². The van der Waals surface area contributed by atoms with Gasteiger partial charge in [-0.15, -0.1) is 0 Å². The summed E-state index contributed by atoms with van der Waals surface area (Å²) >= 11 is 0. The molecule has 1 aliphatic heterocycles. The molecule has 0 aliphatic carbocycles. The van der Waals surface area contributed by atoms with Gasteiger partial charge in [0.05, 0.1) is 23.7 Å². The van der Waals surface area contributed by atoms with Gasteiger partial charge in [0.2, 0.25) is 0 Å². The molecular formula is C18H13F3N2O2. The Hall–Kier alpha value is -2.85. The van der Waals surface area contributed by atoms with Crippen molar-refractivity contribution in [3.63, 3.8) is 0 Å². The van der Waals surface area contributed by atoms with E-state index in [2.05, 4.69) is 0 Å². The highest BCUT2D eigenvalue weighted by atomic mass is 19.4. The summed E-state index contributed by atoms with van der Waals surface area (Å²) in [5.74, 6) is -0.761. The van der Waals surface area contributed by atoms with Crippen LogP contribution in [-0.4, -0.2) is 17.6 Å². The first-order valence-electron chi connectivity index (χ1n) is 7.48. The van der Waals surface area contributed by atoms with Crippen molar-refractivity contribution in [2.24, 2.45) is 0 Å². The lowest BCUT2D eigenvalue weighted by atomic mass is 9.86. The predicted molar refractivity (Wildman–Crippen MR) is 83.5 cm³/mol. The fourth-order valence-electron chi connectivity index (χ4n) is 3.02. The molecule has 1 amide bonds. The summed E-state index contributed by atoms with van der Waals surface area (Å²) in [6.07, 6.45) is -4.55. The molecule has 1 heterocycles. The first-order valence-corrected chi connectivity index (χ1v) is 7.48. The van der Waals surface area contributed by atoms with E-state index in [-0.39, 0.29) is 24.1 Å². The van der Waals surface area contributed by atoms with Crippen molar-refractivity contribution in [1.29, 1.82) is 5.26 Å². The number of carbonyl (C=O) groups is 1. The molecule has 1 unspecified atom stereocenters. The fourth-order valence-corrected chi connectivity index (χ4v) is 3.02. The number of anilines is 1. The number of nitrogens with zero attached hydrogens (tertiary/aromatic N) is 2. The molecule has 0 bridgehead atoms.